The monoisotopic (exact) mass is 560 g/mol. The van der Waals surface area contributed by atoms with Crippen LogP contribution >= 0.6 is 0 Å². The van der Waals surface area contributed by atoms with Gasteiger partial charge in [-0.1, -0.05) is 127 Å². The van der Waals surface area contributed by atoms with Gasteiger partial charge in [0.15, 0.2) is 0 Å². The largest absolute Gasteiger partial charge is 0.309 e. The molecule has 0 fully saturated rings. The molecule has 0 unspecified atom stereocenters. The maximum Gasteiger partial charge on any atom is 0.0541 e. The lowest BCUT2D eigenvalue weighted by molar-refractivity contribution is 1.13. The summed E-state index contributed by atoms with van der Waals surface area (Å²) >= 11 is 0. The van der Waals surface area contributed by atoms with Gasteiger partial charge in [0.25, 0.3) is 0 Å². The molecule has 0 radical (unpaired) electrons. The zero-order valence-corrected chi connectivity index (χ0v) is 24.1. The van der Waals surface area contributed by atoms with Crippen molar-refractivity contribution in [3.05, 3.63) is 170 Å². The number of nitrogens with zero attached hydrogens (tertiary/aromatic N) is 2. The fourth-order valence-corrected chi connectivity index (χ4v) is 7.08. The van der Waals surface area contributed by atoms with Crippen molar-refractivity contribution in [1.29, 1.82) is 0 Å². The molecule has 0 aliphatic heterocycles. The van der Waals surface area contributed by atoms with E-state index in [-0.39, 0.29) is 0 Å². The molecule has 2 heterocycles. The summed E-state index contributed by atoms with van der Waals surface area (Å²) < 4.78 is 4.84. The Morgan fingerprint density at radius 1 is 0.227 bits per heavy atom. The first kappa shape index (κ1) is 24.7. The molecule has 0 saturated carbocycles. The van der Waals surface area contributed by atoms with Crippen LogP contribution in [0.4, 0.5) is 0 Å². The van der Waals surface area contributed by atoms with Crippen molar-refractivity contribution in [1.82, 2.24) is 9.13 Å². The quantitative estimate of drug-likeness (QED) is 0.199. The van der Waals surface area contributed by atoms with Crippen molar-refractivity contribution in [2.75, 3.05) is 0 Å². The van der Waals surface area contributed by atoms with E-state index in [0.717, 1.165) is 22.4 Å². The van der Waals surface area contributed by atoms with Crippen molar-refractivity contribution in [3.8, 4) is 11.4 Å². The van der Waals surface area contributed by atoms with Crippen LogP contribution in [0.2, 0.25) is 0 Å². The van der Waals surface area contributed by atoms with Crippen LogP contribution in [0.5, 0.6) is 0 Å². The van der Waals surface area contributed by atoms with Gasteiger partial charge in [0.2, 0.25) is 0 Å². The van der Waals surface area contributed by atoms with E-state index in [2.05, 4.69) is 179 Å². The number of rotatable bonds is 2. The van der Waals surface area contributed by atoms with Gasteiger partial charge in [-0.3, -0.25) is 0 Å². The Labute approximate surface area is 255 Å². The molecule has 2 nitrogen and oxygen atoms in total. The average Bonchev–Trinajstić information content (AvgIpc) is 3.45. The van der Waals surface area contributed by atoms with Crippen LogP contribution in [-0.2, 0) is 0 Å². The van der Waals surface area contributed by atoms with E-state index in [1.54, 1.807) is 0 Å². The highest BCUT2D eigenvalue weighted by Crippen LogP contribution is 2.36. The average molecular weight is 561 g/mol. The third-order valence-electron chi connectivity index (χ3n) is 8.94. The van der Waals surface area contributed by atoms with E-state index in [1.165, 1.54) is 54.1 Å². The molecule has 2 heteroatoms. The van der Waals surface area contributed by atoms with E-state index in [9.17, 15) is 0 Å². The summed E-state index contributed by atoms with van der Waals surface area (Å²) in [4.78, 5) is 0. The van der Waals surface area contributed by atoms with Gasteiger partial charge in [0, 0.05) is 32.9 Å². The molecule has 44 heavy (non-hydrogen) atoms. The molecular formula is C42H28N2. The minimum atomic E-state index is 1.11. The van der Waals surface area contributed by atoms with Gasteiger partial charge in [-0.25, -0.2) is 0 Å². The standard InChI is InChI=1S/C42H28N2/c1-3-18-33-31(16-1)32-17-2-4-19-34(32)36-21-6-10-25-40(36)43(39-24-9-5-20-35(33)39)29-14-13-15-30(28-29)44-41-26-11-7-22-37(41)38-23-8-12-27-42(38)44/h1-28H. The molecule has 0 atom stereocenters. The Morgan fingerprint density at radius 2 is 0.477 bits per heavy atom. The number of fused-ring (bicyclic) bond motifs is 10. The minimum Gasteiger partial charge on any atom is -0.309 e. The third kappa shape index (κ3) is 3.68. The van der Waals surface area contributed by atoms with Crippen LogP contribution in [0.15, 0.2) is 170 Å². The summed E-state index contributed by atoms with van der Waals surface area (Å²) in [5.74, 6) is 0. The van der Waals surface area contributed by atoms with Gasteiger partial charge in [-0.2, -0.15) is 0 Å². The van der Waals surface area contributed by atoms with E-state index < -0.39 is 0 Å². The molecule has 0 bridgehead atoms. The van der Waals surface area contributed by atoms with Crippen LogP contribution in [-0.4, -0.2) is 9.13 Å². The summed E-state index contributed by atoms with van der Waals surface area (Å²) in [6.07, 6.45) is 0. The van der Waals surface area contributed by atoms with Gasteiger partial charge >= 0.3 is 0 Å². The van der Waals surface area contributed by atoms with Crippen LogP contribution in [0.25, 0.3) is 76.5 Å². The predicted molar refractivity (Wildman–Crippen MR) is 188 cm³/mol. The number of para-hydroxylation sites is 4. The summed E-state index contributed by atoms with van der Waals surface area (Å²) in [5.41, 5.74) is 6.97. The Bertz CT molecular complexity index is 2460. The summed E-state index contributed by atoms with van der Waals surface area (Å²) in [6, 6.07) is 61.6. The lowest BCUT2D eigenvalue weighted by Crippen LogP contribution is -2.00. The molecule has 206 valence electrons. The zero-order chi connectivity index (χ0) is 29.0. The van der Waals surface area contributed by atoms with Crippen LogP contribution in [0.1, 0.15) is 0 Å². The molecule has 0 aliphatic carbocycles. The molecule has 0 spiro atoms. The first-order valence-electron chi connectivity index (χ1n) is 15.1. The van der Waals surface area contributed by atoms with Gasteiger partial charge in [-0.15, -0.1) is 0 Å². The lowest BCUT2D eigenvalue weighted by Gasteiger charge is -2.16. The fourth-order valence-electron chi connectivity index (χ4n) is 7.08. The molecular weight excluding hydrogens is 532 g/mol. The first-order chi connectivity index (χ1) is 21.9. The first-order valence-corrected chi connectivity index (χ1v) is 15.1. The Balaban J connectivity index is 1.49. The Kier molecular flexibility index (Phi) is 5.54. The van der Waals surface area contributed by atoms with Gasteiger partial charge in [0.1, 0.15) is 0 Å². The Morgan fingerprint density at radius 3 is 0.818 bits per heavy atom. The third-order valence-corrected chi connectivity index (χ3v) is 8.94. The van der Waals surface area contributed by atoms with Gasteiger partial charge in [0.05, 0.1) is 22.1 Å². The van der Waals surface area contributed by atoms with Crippen molar-refractivity contribution < 1.29 is 0 Å². The van der Waals surface area contributed by atoms with Gasteiger partial charge in [-0.05, 0) is 64.0 Å². The second-order valence-electron chi connectivity index (χ2n) is 11.4. The predicted octanol–water partition coefficient (Wildman–Crippen LogP) is 11.3. The van der Waals surface area contributed by atoms with Gasteiger partial charge < -0.3 is 9.13 Å². The number of aromatic nitrogens is 2. The summed E-state index contributed by atoms with van der Waals surface area (Å²) in [7, 11) is 0. The summed E-state index contributed by atoms with van der Waals surface area (Å²) in [5, 5.41) is 9.88. The molecule has 9 rings (SSSR count). The van der Waals surface area contributed by atoms with Crippen LogP contribution < -0.4 is 0 Å². The number of hydrogen-bond donors (Lipinski definition) is 0. The van der Waals surface area contributed by atoms with E-state index in [1.807, 2.05) is 0 Å². The summed E-state index contributed by atoms with van der Waals surface area (Å²) in [6.45, 7) is 0. The maximum atomic E-state index is 2.45. The highest BCUT2D eigenvalue weighted by Gasteiger charge is 2.14. The minimum absolute atomic E-state index is 1.11. The fraction of sp³-hybridized carbons (Fsp3) is 0. The van der Waals surface area contributed by atoms with Crippen molar-refractivity contribution >= 4 is 65.2 Å². The molecule has 9 aromatic rings. The number of benzene rings is 7. The zero-order valence-electron chi connectivity index (χ0n) is 24.1. The van der Waals surface area contributed by atoms with Crippen LogP contribution in [0.3, 0.4) is 0 Å². The highest BCUT2D eigenvalue weighted by molar-refractivity contribution is 6.19. The van der Waals surface area contributed by atoms with Crippen molar-refractivity contribution in [2.45, 2.75) is 0 Å². The van der Waals surface area contributed by atoms with Crippen molar-refractivity contribution in [3.63, 3.8) is 0 Å². The molecule has 0 N–H and O–H groups in total. The van der Waals surface area contributed by atoms with E-state index >= 15 is 0 Å². The number of hydrogen-bond acceptors (Lipinski definition) is 0. The highest BCUT2D eigenvalue weighted by atomic mass is 15.0. The second-order valence-corrected chi connectivity index (χ2v) is 11.4. The topological polar surface area (TPSA) is 9.86 Å². The SMILES string of the molecule is c1cc(-n2c3ccccc3c3ccccc3c3ccccc3c3ccccc32)cc(-n2c3ccccc3c3ccccc32)c1. The maximum absolute atomic E-state index is 2.45. The second kappa shape index (κ2) is 9.86. The molecule has 0 amide bonds. The molecule has 0 saturated heterocycles. The van der Waals surface area contributed by atoms with E-state index in [0.29, 0.717) is 0 Å². The normalized spacial score (nSPS) is 11.6. The van der Waals surface area contributed by atoms with Crippen LogP contribution in [0, 0.1) is 0 Å². The lowest BCUT2D eigenvalue weighted by atomic mass is 10.0. The molecule has 7 aromatic carbocycles. The molecule has 2 aromatic heterocycles. The Hall–Kier alpha value is -5.86. The van der Waals surface area contributed by atoms with Crippen molar-refractivity contribution in [2.24, 2.45) is 0 Å². The van der Waals surface area contributed by atoms with E-state index in [4.69, 9.17) is 0 Å². The molecule has 0 aliphatic rings. The smallest absolute Gasteiger partial charge is 0.0541 e.